The molecule has 3 rings (SSSR count). The van der Waals surface area contributed by atoms with Crippen LogP contribution in [0.15, 0.2) is 23.7 Å². The van der Waals surface area contributed by atoms with Crippen LogP contribution in [0.5, 0.6) is 5.88 Å². The van der Waals surface area contributed by atoms with Crippen LogP contribution in [-0.2, 0) is 6.42 Å². The van der Waals surface area contributed by atoms with Crippen molar-refractivity contribution in [2.45, 2.75) is 39.7 Å². The fraction of sp³-hybridized carbons (Fsp3) is 0.524. The Balaban J connectivity index is 1.44. The van der Waals surface area contributed by atoms with Gasteiger partial charge in [-0.25, -0.2) is 23.9 Å². The Kier molecular flexibility index (Phi) is 7.96. The van der Waals surface area contributed by atoms with Crippen LogP contribution in [-0.4, -0.2) is 70.2 Å². The molecule has 0 saturated carbocycles. The molecule has 2 aromatic heterocycles. The molecule has 0 atom stereocenters. The van der Waals surface area contributed by atoms with E-state index in [-0.39, 0.29) is 17.5 Å². The van der Waals surface area contributed by atoms with E-state index in [1.807, 2.05) is 27.7 Å². The number of pyridine rings is 1. The summed E-state index contributed by atoms with van der Waals surface area (Å²) in [7, 11) is 0. The Morgan fingerprint density at radius 1 is 1.25 bits per heavy atom. The number of urea groups is 1. The zero-order valence-corrected chi connectivity index (χ0v) is 20.6. The summed E-state index contributed by atoms with van der Waals surface area (Å²) < 4.78 is 6.56. The Morgan fingerprint density at radius 3 is 2.53 bits per heavy atom. The second-order valence-electron chi connectivity index (χ2n) is 8.65. The highest BCUT2D eigenvalue weighted by Crippen LogP contribution is 2.19. The number of anilines is 1. The number of ether oxygens (including phenoxy) is 1. The van der Waals surface area contributed by atoms with Crippen LogP contribution in [0.2, 0.25) is 0 Å². The summed E-state index contributed by atoms with van der Waals surface area (Å²) in [4.78, 5) is 37.3. The van der Waals surface area contributed by atoms with Gasteiger partial charge in [-0.3, -0.25) is 4.90 Å². The highest BCUT2D eigenvalue weighted by atomic mass is 32.1. The largest absolute Gasteiger partial charge is 0.416 e. The van der Waals surface area contributed by atoms with E-state index in [9.17, 15) is 9.59 Å². The molecule has 0 bridgehead atoms. The zero-order valence-electron chi connectivity index (χ0n) is 18.9. The molecule has 1 fully saturated rings. The molecule has 1 N–H and O–H groups in total. The Hall–Kier alpha value is -2.37. The summed E-state index contributed by atoms with van der Waals surface area (Å²) >= 11 is 5.89. The molecular weight excluding hydrogens is 448 g/mol. The van der Waals surface area contributed by atoms with E-state index in [1.54, 1.807) is 28.4 Å². The van der Waals surface area contributed by atoms with Crippen LogP contribution in [0.1, 0.15) is 31.5 Å². The maximum atomic E-state index is 12.5. The smallest absolute Gasteiger partial charge is 0.391 e. The summed E-state index contributed by atoms with van der Waals surface area (Å²) in [6.45, 7) is 11.4. The average molecular weight is 479 g/mol. The van der Waals surface area contributed by atoms with Crippen molar-refractivity contribution >= 4 is 42.0 Å². The maximum absolute atomic E-state index is 12.5. The van der Waals surface area contributed by atoms with Crippen LogP contribution < -0.4 is 14.4 Å². The number of carbonyl (C=O) groups is 2. The minimum atomic E-state index is -0.423. The van der Waals surface area contributed by atoms with Gasteiger partial charge in [0.15, 0.2) is 0 Å². The molecule has 11 heteroatoms. The van der Waals surface area contributed by atoms with Gasteiger partial charge in [0.2, 0.25) is 5.88 Å². The number of aryl methyl sites for hydroxylation is 1. The van der Waals surface area contributed by atoms with Gasteiger partial charge in [-0.2, -0.15) is 0 Å². The molecule has 0 aromatic carbocycles. The van der Waals surface area contributed by atoms with Gasteiger partial charge in [-0.05, 0) is 33.8 Å². The van der Waals surface area contributed by atoms with Crippen LogP contribution in [0.25, 0.3) is 0 Å². The fourth-order valence-electron chi connectivity index (χ4n) is 3.15. The number of carbonyl (C=O) groups excluding carboxylic acids is 2. The van der Waals surface area contributed by atoms with Crippen LogP contribution in [0.4, 0.5) is 15.3 Å². The van der Waals surface area contributed by atoms with E-state index in [1.165, 1.54) is 6.20 Å². The van der Waals surface area contributed by atoms with Crippen LogP contribution in [0, 0.1) is 6.92 Å². The SMILES string of the molecule is Cc1nc(CCN2CCN(C(=O)Oc3ccc(N(S)C(=O)NC(C)(C)C)cn3)CC2)cs1. The number of thiazole rings is 1. The molecule has 1 aliphatic rings. The van der Waals surface area contributed by atoms with Crippen molar-refractivity contribution in [2.24, 2.45) is 0 Å². The van der Waals surface area contributed by atoms with Gasteiger partial charge in [0.05, 0.1) is 22.6 Å². The Bertz CT molecular complexity index is 920. The summed E-state index contributed by atoms with van der Waals surface area (Å²) in [5.41, 5.74) is 1.21. The Labute approximate surface area is 198 Å². The molecule has 1 saturated heterocycles. The first-order valence-corrected chi connectivity index (χ1v) is 11.8. The molecule has 0 radical (unpaired) electrons. The standard InChI is InChI=1S/C21H30N6O3S2/c1-15-23-16(14-32-15)7-8-25-9-11-26(12-10-25)20(29)30-18-6-5-17(13-22-18)27(31)19(28)24-21(2,3)4/h5-6,13-14,31H,7-12H2,1-4H3,(H,24,28). The first-order chi connectivity index (χ1) is 15.1. The number of nitrogens with one attached hydrogen (secondary N) is 1. The number of nitrogens with zero attached hydrogens (tertiary/aromatic N) is 5. The first kappa shape index (κ1) is 24.3. The molecule has 3 heterocycles. The van der Waals surface area contributed by atoms with E-state index in [2.05, 4.69) is 38.4 Å². The van der Waals surface area contributed by atoms with Crippen molar-refractivity contribution in [2.75, 3.05) is 37.0 Å². The highest BCUT2D eigenvalue weighted by Gasteiger charge is 2.23. The van der Waals surface area contributed by atoms with Gasteiger partial charge in [-0.15, -0.1) is 11.3 Å². The topological polar surface area (TPSA) is 90.9 Å². The number of hydrogen-bond donors (Lipinski definition) is 2. The van der Waals surface area contributed by atoms with Gasteiger partial charge in [0, 0.05) is 56.1 Å². The van der Waals surface area contributed by atoms with Gasteiger partial charge < -0.3 is 15.0 Å². The van der Waals surface area contributed by atoms with E-state index in [0.717, 1.165) is 41.1 Å². The minimum absolute atomic E-state index is 0.179. The van der Waals surface area contributed by atoms with Gasteiger partial charge in [-0.1, -0.05) is 12.8 Å². The summed E-state index contributed by atoms with van der Waals surface area (Å²) in [5.74, 6) is 0.179. The van der Waals surface area contributed by atoms with Crippen molar-refractivity contribution in [3.8, 4) is 5.88 Å². The molecule has 1 aliphatic heterocycles. The number of rotatable bonds is 5. The lowest BCUT2D eigenvalue weighted by Crippen LogP contribution is -2.50. The third-order valence-electron chi connectivity index (χ3n) is 4.81. The number of amides is 3. The van der Waals surface area contributed by atoms with Gasteiger partial charge in [0.25, 0.3) is 0 Å². The molecule has 2 aromatic rings. The van der Waals surface area contributed by atoms with Crippen molar-refractivity contribution in [3.05, 3.63) is 34.4 Å². The molecule has 0 aliphatic carbocycles. The molecule has 0 unspecified atom stereocenters. The number of aromatic nitrogens is 2. The lowest BCUT2D eigenvalue weighted by molar-refractivity contribution is 0.110. The predicted octanol–water partition coefficient (Wildman–Crippen LogP) is 3.36. The third-order valence-corrected chi connectivity index (χ3v) is 6.05. The molecule has 9 nitrogen and oxygen atoms in total. The van der Waals surface area contributed by atoms with E-state index >= 15 is 0 Å². The first-order valence-electron chi connectivity index (χ1n) is 10.5. The van der Waals surface area contributed by atoms with Gasteiger partial charge in [0.1, 0.15) is 0 Å². The zero-order chi connectivity index (χ0) is 23.3. The number of thiol groups is 1. The van der Waals surface area contributed by atoms with Crippen LogP contribution in [0.3, 0.4) is 0 Å². The normalized spacial score (nSPS) is 14.8. The highest BCUT2D eigenvalue weighted by molar-refractivity contribution is 7.82. The number of hydrogen-bond acceptors (Lipinski definition) is 8. The Morgan fingerprint density at radius 2 is 1.97 bits per heavy atom. The third kappa shape index (κ3) is 7.07. The molecule has 3 amide bonds. The van der Waals surface area contributed by atoms with Crippen molar-refractivity contribution < 1.29 is 14.3 Å². The monoisotopic (exact) mass is 478 g/mol. The lowest BCUT2D eigenvalue weighted by atomic mass is 10.1. The molecule has 0 spiro atoms. The fourth-order valence-corrected chi connectivity index (χ4v) is 3.97. The second kappa shape index (κ2) is 10.5. The minimum Gasteiger partial charge on any atom is -0.391 e. The maximum Gasteiger partial charge on any atom is 0.416 e. The predicted molar refractivity (Wildman–Crippen MR) is 129 cm³/mol. The van der Waals surface area contributed by atoms with E-state index < -0.39 is 6.09 Å². The molecule has 174 valence electrons. The second-order valence-corrected chi connectivity index (χ2v) is 10.1. The van der Waals surface area contributed by atoms with Crippen LogP contribution >= 0.6 is 24.2 Å². The number of piperazine rings is 1. The van der Waals surface area contributed by atoms with E-state index in [4.69, 9.17) is 4.74 Å². The van der Waals surface area contributed by atoms with Crippen molar-refractivity contribution in [1.82, 2.24) is 25.1 Å². The quantitative estimate of drug-likeness (QED) is 0.641. The van der Waals surface area contributed by atoms with Gasteiger partial charge >= 0.3 is 12.1 Å². The summed E-state index contributed by atoms with van der Waals surface area (Å²) in [5, 5.41) is 6.00. The molecule has 32 heavy (non-hydrogen) atoms. The lowest BCUT2D eigenvalue weighted by Gasteiger charge is -2.33. The summed E-state index contributed by atoms with van der Waals surface area (Å²) in [6.07, 6.45) is 1.94. The summed E-state index contributed by atoms with van der Waals surface area (Å²) in [6, 6.07) is 2.81. The van der Waals surface area contributed by atoms with E-state index in [0.29, 0.717) is 18.8 Å². The molecular formula is C21H30N6O3S2. The average Bonchev–Trinajstić information content (AvgIpc) is 3.16. The van der Waals surface area contributed by atoms with Crippen molar-refractivity contribution in [1.29, 1.82) is 0 Å². The van der Waals surface area contributed by atoms with Crippen molar-refractivity contribution in [3.63, 3.8) is 0 Å².